The quantitative estimate of drug-likeness (QED) is 0.749. The molecule has 0 saturated carbocycles. The summed E-state index contributed by atoms with van der Waals surface area (Å²) in [5.41, 5.74) is -0.600. The van der Waals surface area contributed by atoms with Crippen molar-refractivity contribution in [3.63, 3.8) is 0 Å². The molecule has 0 fully saturated rings. The SMILES string of the molecule is CN(C(=O)OC(C)(C)C)[C@H]1COc2c(S(=O)(=O)Cl)cnn2C1. The van der Waals surface area contributed by atoms with Crippen molar-refractivity contribution in [3.8, 4) is 5.88 Å². The number of nitrogens with zero attached hydrogens (tertiary/aromatic N) is 3. The van der Waals surface area contributed by atoms with Gasteiger partial charge in [0.15, 0.2) is 4.90 Å². The third kappa shape index (κ3) is 3.64. The Balaban J connectivity index is 2.13. The van der Waals surface area contributed by atoms with E-state index in [2.05, 4.69) is 5.10 Å². The fourth-order valence-corrected chi connectivity index (χ4v) is 2.81. The number of ether oxygens (including phenoxy) is 2. The zero-order valence-electron chi connectivity index (χ0n) is 12.7. The molecule has 0 bridgehead atoms. The molecule has 0 spiro atoms. The molecule has 0 N–H and O–H groups in total. The number of fused-ring (bicyclic) bond motifs is 1. The Morgan fingerprint density at radius 2 is 2.18 bits per heavy atom. The number of hydrogen-bond donors (Lipinski definition) is 0. The lowest BCUT2D eigenvalue weighted by atomic mass is 10.2. The second-order valence-electron chi connectivity index (χ2n) is 5.99. The molecule has 1 aromatic rings. The molecule has 1 amide bonds. The van der Waals surface area contributed by atoms with Crippen LogP contribution in [0.5, 0.6) is 5.88 Å². The van der Waals surface area contributed by atoms with Crippen LogP contribution in [0.4, 0.5) is 4.79 Å². The maximum Gasteiger partial charge on any atom is 0.410 e. The fraction of sp³-hybridized carbons (Fsp3) is 0.667. The molecular weight excluding hydrogens is 334 g/mol. The highest BCUT2D eigenvalue weighted by Gasteiger charge is 2.33. The highest BCUT2D eigenvalue weighted by molar-refractivity contribution is 8.13. The van der Waals surface area contributed by atoms with Gasteiger partial charge in [0.2, 0.25) is 5.88 Å². The fourth-order valence-electron chi connectivity index (χ4n) is 1.94. The number of carbonyl (C=O) groups is 1. The van der Waals surface area contributed by atoms with Gasteiger partial charge in [-0.1, -0.05) is 0 Å². The molecular formula is C12H18ClN3O5S. The summed E-state index contributed by atoms with van der Waals surface area (Å²) in [6.07, 6.45) is 0.648. The molecule has 22 heavy (non-hydrogen) atoms. The molecule has 0 aliphatic carbocycles. The highest BCUT2D eigenvalue weighted by Crippen LogP contribution is 2.30. The zero-order valence-corrected chi connectivity index (χ0v) is 14.3. The average Bonchev–Trinajstić information content (AvgIpc) is 2.78. The van der Waals surface area contributed by atoms with Crippen LogP contribution >= 0.6 is 10.7 Å². The number of amides is 1. The number of carbonyl (C=O) groups excluding carboxylic acids is 1. The maximum absolute atomic E-state index is 12.0. The van der Waals surface area contributed by atoms with E-state index in [0.717, 1.165) is 6.20 Å². The average molecular weight is 352 g/mol. The summed E-state index contributed by atoms with van der Waals surface area (Å²) in [6, 6.07) is -0.326. The smallest absolute Gasteiger partial charge is 0.410 e. The van der Waals surface area contributed by atoms with Gasteiger partial charge in [-0.2, -0.15) is 5.10 Å². The minimum Gasteiger partial charge on any atom is -0.475 e. The van der Waals surface area contributed by atoms with Gasteiger partial charge in [-0.05, 0) is 20.8 Å². The molecule has 1 aliphatic rings. The van der Waals surface area contributed by atoms with Gasteiger partial charge in [0.1, 0.15) is 12.2 Å². The van der Waals surface area contributed by atoms with Crippen LogP contribution < -0.4 is 4.74 Å². The Bertz CT molecular complexity index is 679. The summed E-state index contributed by atoms with van der Waals surface area (Å²) in [4.78, 5) is 13.3. The van der Waals surface area contributed by atoms with E-state index in [1.807, 2.05) is 0 Å². The van der Waals surface area contributed by atoms with Gasteiger partial charge in [0.25, 0.3) is 9.05 Å². The van der Waals surface area contributed by atoms with Crippen molar-refractivity contribution in [1.29, 1.82) is 0 Å². The molecule has 1 atom stereocenters. The monoisotopic (exact) mass is 351 g/mol. The van der Waals surface area contributed by atoms with Crippen LogP contribution in [0.3, 0.4) is 0 Å². The van der Waals surface area contributed by atoms with E-state index in [4.69, 9.17) is 20.2 Å². The van der Waals surface area contributed by atoms with E-state index < -0.39 is 20.7 Å². The summed E-state index contributed by atoms with van der Waals surface area (Å²) in [5, 5.41) is 3.94. The van der Waals surface area contributed by atoms with Gasteiger partial charge in [-0.3, -0.25) is 0 Å². The van der Waals surface area contributed by atoms with Crippen LogP contribution in [0, 0.1) is 0 Å². The van der Waals surface area contributed by atoms with Crippen molar-refractivity contribution >= 4 is 25.8 Å². The van der Waals surface area contributed by atoms with Crippen molar-refractivity contribution in [1.82, 2.24) is 14.7 Å². The van der Waals surface area contributed by atoms with Gasteiger partial charge in [0, 0.05) is 17.7 Å². The first kappa shape index (κ1) is 16.9. The van der Waals surface area contributed by atoms with Crippen molar-refractivity contribution < 1.29 is 22.7 Å². The van der Waals surface area contributed by atoms with E-state index in [1.54, 1.807) is 27.8 Å². The molecule has 2 heterocycles. The maximum atomic E-state index is 12.0. The summed E-state index contributed by atoms with van der Waals surface area (Å²) in [5.74, 6) is 0.0869. The van der Waals surface area contributed by atoms with Crippen LogP contribution in [0.15, 0.2) is 11.1 Å². The van der Waals surface area contributed by atoms with Gasteiger partial charge in [-0.25, -0.2) is 17.9 Å². The lowest BCUT2D eigenvalue weighted by Crippen LogP contribution is -2.47. The third-order valence-corrected chi connectivity index (χ3v) is 4.35. The first-order chi connectivity index (χ1) is 9.99. The van der Waals surface area contributed by atoms with Crippen LogP contribution in [0.2, 0.25) is 0 Å². The van der Waals surface area contributed by atoms with Crippen LogP contribution in [0.1, 0.15) is 20.8 Å². The second kappa shape index (κ2) is 5.62. The van der Waals surface area contributed by atoms with Crippen LogP contribution in [0.25, 0.3) is 0 Å². The summed E-state index contributed by atoms with van der Waals surface area (Å²) in [7, 11) is 2.99. The summed E-state index contributed by atoms with van der Waals surface area (Å²) in [6.45, 7) is 5.75. The predicted octanol–water partition coefficient (Wildman–Crippen LogP) is 1.44. The number of rotatable bonds is 2. The van der Waals surface area contributed by atoms with Crippen molar-refractivity contribution in [2.45, 2.75) is 43.9 Å². The lowest BCUT2D eigenvalue weighted by molar-refractivity contribution is 0.0101. The first-order valence-corrected chi connectivity index (χ1v) is 8.89. The lowest BCUT2D eigenvalue weighted by Gasteiger charge is -2.33. The second-order valence-corrected chi connectivity index (χ2v) is 8.52. The minimum atomic E-state index is -3.92. The van der Waals surface area contributed by atoms with Crippen LogP contribution in [-0.4, -0.2) is 54.5 Å². The largest absolute Gasteiger partial charge is 0.475 e. The topological polar surface area (TPSA) is 90.7 Å². The molecule has 0 radical (unpaired) electrons. The molecule has 0 saturated heterocycles. The van der Waals surface area contributed by atoms with E-state index in [-0.39, 0.29) is 30.0 Å². The Hall–Kier alpha value is -1.48. The van der Waals surface area contributed by atoms with Gasteiger partial charge in [-0.15, -0.1) is 0 Å². The van der Waals surface area contributed by atoms with E-state index >= 15 is 0 Å². The number of hydrogen-bond acceptors (Lipinski definition) is 6. The standard InChI is InChI=1S/C12H18ClN3O5S/c1-12(2,3)21-11(17)15(4)8-6-16-10(20-7-8)9(5-14-16)22(13,18)19/h5,8H,6-7H2,1-4H3/t8-/m1/s1. The minimum absolute atomic E-state index is 0.0869. The zero-order chi connectivity index (χ0) is 16.7. The van der Waals surface area contributed by atoms with Crippen LogP contribution in [-0.2, 0) is 20.3 Å². The molecule has 10 heteroatoms. The van der Waals surface area contributed by atoms with Gasteiger partial charge >= 0.3 is 6.09 Å². The summed E-state index contributed by atoms with van der Waals surface area (Å²) >= 11 is 0. The number of likely N-dealkylation sites (N-methyl/N-ethyl adjacent to an activating group) is 1. The highest BCUT2D eigenvalue weighted by atomic mass is 35.7. The van der Waals surface area contributed by atoms with Crippen molar-refractivity contribution in [3.05, 3.63) is 6.20 Å². The molecule has 1 aromatic heterocycles. The summed E-state index contributed by atoms with van der Waals surface area (Å²) < 4.78 is 34.9. The van der Waals surface area contributed by atoms with E-state index in [0.29, 0.717) is 0 Å². The number of halogens is 1. The Morgan fingerprint density at radius 3 is 2.73 bits per heavy atom. The molecule has 0 unspecified atom stereocenters. The Kier molecular flexibility index (Phi) is 4.31. The van der Waals surface area contributed by atoms with Gasteiger partial charge < -0.3 is 14.4 Å². The van der Waals surface area contributed by atoms with E-state index in [1.165, 1.54) is 9.58 Å². The molecule has 124 valence electrons. The molecule has 2 rings (SSSR count). The normalized spacial score (nSPS) is 18.3. The van der Waals surface area contributed by atoms with E-state index in [9.17, 15) is 13.2 Å². The molecule has 1 aliphatic heterocycles. The van der Waals surface area contributed by atoms with Gasteiger partial charge in [0.05, 0.1) is 18.8 Å². The van der Waals surface area contributed by atoms with Crippen molar-refractivity contribution in [2.75, 3.05) is 13.7 Å². The third-order valence-electron chi connectivity index (χ3n) is 3.05. The van der Waals surface area contributed by atoms with Crippen molar-refractivity contribution in [2.24, 2.45) is 0 Å². The Labute approximate surface area is 133 Å². The predicted molar refractivity (Wildman–Crippen MR) is 78.5 cm³/mol. The first-order valence-electron chi connectivity index (χ1n) is 6.58. The Morgan fingerprint density at radius 1 is 1.55 bits per heavy atom. The molecule has 8 nitrogen and oxygen atoms in total. The number of aromatic nitrogens is 2. The molecule has 0 aromatic carbocycles.